The highest BCUT2D eigenvalue weighted by atomic mass is 19.1. The molecule has 4 rings (SSSR count). The molecule has 0 atom stereocenters. The number of anilines is 1. The Labute approximate surface area is 207 Å². The topological polar surface area (TPSA) is 115 Å². The van der Waals surface area contributed by atoms with Crippen molar-refractivity contribution in [1.29, 1.82) is 5.26 Å². The quantitative estimate of drug-likeness (QED) is 0.322. The van der Waals surface area contributed by atoms with Gasteiger partial charge in [-0.2, -0.15) is 10.4 Å². The van der Waals surface area contributed by atoms with E-state index >= 15 is 0 Å². The van der Waals surface area contributed by atoms with E-state index in [0.29, 0.717) is 42.3 Å². The molecule has 0 saturated heterocycles. The fourth-order valence-corrected chi connectivity index (χ4v) is 3.47. The third-order valence-electron chi connectivity index (χ3n) is 5.26. The number of ether oxygens (including phenoxy) is 2. The van der Waals surface area contributed by atoms with Crippen LogP contribution in [0.5, 0.6) is 17.2 Å². The number of nitrogen functional groups attached to an aromatic ring is 1. The van der Waals surface area contributed by atoms with Crippen LogP contribution >= 0.6 is 0 Å². The lowest BCUT2D eigenvalue weighted by Gasteiger charge is -2.09. The molecule has 1 amide bonds. The lowest BCUT2D eigenvalue weighted by Crippen LogP contribution is -2.29. The van der Waals surface area contributed by atoms with Gasteiger partial charge < -0.3 is 20.5 Å². The summed E-state index contributed by atoms with van der Waals surface area (Å²) in [5.74, 6) is 1.49. The van der Waals surface area contributed by atoms with E-state index in [9.17, 15) is 14.4 Å². The number of nitrogens with two attached hydrogens (primary N) is 1. The zero-order chi connectivity index (χ0) is 25.3. The number of nitrogens with one attached hydrogen (secondary N) is 1. The molecule has 0 spiro atoms. The van der Waals surface area contributed by atoms with E-state index in [1.54, 1.807) is 24.3 Å². The monoisotopic (exact) mass is 485 g/mol. The van der Waals surface area contributed by atoms with Crippen LogP contribution in [0.25, 0.3) is 5.69 Å². The average molecular weight is 486 g/mol. The number of nitriles is 1. The zero-order valence-electron chi connectivity index (χ0n) is 19.4. The Kier molecular flexibility index (Phi) is 7.78. The fraction of sp³-hybridized carbons (Fsp3) is 0.148. The van der Waals surface area contributed by atoms with Gasteiger partial charge in [0.1, 0.15) is 40.5 Å². The maximum atomic E-state index is 13.2. The number of carbonyl (C=O) groups excluding carboxylic acids is 1. The molecule has 1 aromatic heterocycles. The van der Waals surface area contributed by atoms with Gasteiger partial charge in [0.15, 0.2) is 6.61 Å². The summed E-state index contributed by atoms with van der Waals surface area (Å²) in [6.45, 7) is 0.245. The van der Waals surface area contributed by atoms with Crippen molar-refractivity contribution in [3.05, 3.63) is 95.9 Å². The van der Waals surface area contributed by atoms with Gasteiger partial charge in [-0.05, 0) is 73.5 Å². The van der Waals surface area contributed by atoms with Crippen molar-refractivity contribution in [2.75, 3.05) is 18.9 Å². The zero-order valence-corrected chi connectivity index (χ0v) is 19.4. The molecule has 0 saturated carbocycles. The number of aromatic nitrogens is 2. The number of amides is 1. The van der Waals surface area contributed by atoms with E-state index in [1.165, 1.54) is 28.9 Å². The van der Waals surface area contributed by atoms with Gasteiger partial charge in [0.25, 0.3) is 5.91 Å². The van der Waals surface area contributed by atoms with E-state index in [2.05, 4.69) is 16.5 Å². The molecule has 3 N–H and O–H groups in total. The van der Waals surface area contributed by atoms with E-state index in [0.717, 1.165) is 5.75 Å². The fourth-order valence-electron chi connectivity index (χ4n) is 3.47. The molecule has 182 valence electrons. The summed E-state index contributed by atoms with van der Waals surface area (Å²) in [4.78, 5) is 12.1. The maximum Gasteiger partial charge on any atom is 0.257 e. The minimum Gasteiger partial charge on any atom is -0.484 e. The number of halogens is 1. The normalized spacial score (nSPS) is 10.4. The van der Waals surface area contributed by atoms with Crippen molar-refractivity contribution >= 4 is 11.7 Å². The minimum absolute atomic E-state index is 0.130. The summed E-state index contributed by atoms with van der Waals surface area (Å²) in [5, 5.41) is 16.7. The van der Waals surface area contributed by atoms with Crippen molar-refractivity contribution in [3.63, 3.8) is 0 Å². The predicted octanol–water partition coefficient (Wildman–Crippen LogP) is 4.39. The molecule has 0 bridgehead atoms. The van der Waals surface area contributed by atoms with Gasteiger partial charge >= 0.3 is 0 Å². The standard InChI is InChI=1S/C27H24FN5O3/c28-19-8-10-20(11-9-19)33-27(30)24(17-29)25(32-33)7-4-16-31-26(34)18-35-21-12-14-23(15-13-21)36-22-5-2-1-3-6-22/h1-3,5-6,8-15H,4,7,16,18,30H2,(H,31,34). The molecular formula is C27H24FN5O3. The van der Waals surface area contributed by atoms with Crippen LogP contribution in [-0.4, -0.2) is 28.8 Å². The predicted molar refractivity (Wildman–Crippen MR) is 132 cm³/mol. The Bertz CT molecular complexity index is 1350. The largest absolute Gasteiger partial charge is 0.484 e. The van der Waals surface area contributed by atoms with E-state index in [1.807, 2.05) is 30.3 Å². The van der Waals surface area contributed by atoms with Crippen molar-refractivity contribution in [2.45, 2.75) is 12.8 Å². The van der Waals surface area contributed by atoms with Crippen LogP contribution in [0.2, 0.25) is 0 Å². The van der Waals surface area contributed by atoms with Gasteiger partial charge in [0.05, 0.1) is 11.4 Å². The molecule has 1 heterocycles. The Morgan fingerprint density at radius 3 is 2.36 bits per heavy atom. The highest BCUT2D eigenvalue weighted by molar-refractivity contribution is 5.77. The lowest BCUT2D eigenvalue weighted by atomic mass is 10.1. The van der Waals surface area contributed by atoms with Gasteiger partial charge in [0, 0.05) is 6.54 Å². The highest BCUT2D eigenvalue weighted by Gasteiger charge is 2.16. The molecule has 0 radical (unpaired) electrons. The van der Waals surface area contributed by atoms with Crippen LogP contribution in [0.1, 0.15) is 17.7 Å². The second-order valence-electron chi connectivity index (χ2n) is 7.84. The van der Waals surface area contributed by atoms with Crippen LogP contribution in [0.4, 0.5) is 10.2 Å². The maximum absolute atomic E-state index is 13.2. The number of hydrogen-bond acceptors (Lipinski definition) is 6. The van der Waals surface area contributed by atoms with Crippen molar-refractivity contribution in [2.24, 2.45) is 0 Å². The molecule has 0 aliphatic rings. The third-order valence-corrected chi connectivity index (χ3v) is 5.26. The summed E-state index contributed by atoms with van der Waals surface area (Å²) in [6, 6.07) is 24.2. The van der Waals surface area contributed by atoms with Gasteiger partial charge in [0.2, 0.25) is 0 Å². The minimum atomic E-state index is -0.376. The van der Waals surface area contributed by atoms with Gasteiger partial charge in [-0.1, -0.05) is 18.2 Å². The third kappa shape index (κ3) is 6.18. The van der Waals surface area contributed by atoms with E-state index in [4.69, 9.17) is 15.2 Å². The molecule has 0 fully saturated rings. The first-order chi connectivity index (χ1) is 17.5. The highest BCUT2D eigenvalue weighted by Crippen LogP contribution is 2.24. The number of aryl methyl sites for hydroxylation is 1. The molecule has 8 nitrogen and oxygen atoms in total. The summed E-state index contributed by atoms with van der Waals surface area (Å²) in [5.41, 5.74) is 7.42. The number of carbonyl (C=O) groups is 1. The Morgan fingerprint density at radius 1 is 1.00 bits per heavy atom. The number of nitrogens with zero attached hydrogens (tertiary/aromatic N) is 3. The first kappa shape index (κ1) is 24.3. The van der Waals surface area contributed by atoms with Crippen LogP contribution in [0, 0.1) is 17.1 Å². The first-order valence-corrected chi connectivity index (χ1v) is 11.3. The van der Waals surface area contributed by atoms with Crippen molar-refractivity contribution in [1.82, 2.24) is 15.1 Å². The van der Waals surface area contributed by atoms with Crippen LogP contribution in [0.3, 0.4) is 0 Å². The van der Waals surface area contributed by atoms with Crippen LogP contribution in [0.15, 0.2) is 78.9 Å². The number of hydrogen-bond donors (Lipinski definition) is 2. The summed E-state index contributed by atoms with van der Waals surface area (Å²) in [6.07, 6.45) is 0.983. The second-order valence-corrected chi connectivity index (χ2v) is 7.84. The molecule has 0 aliphatic heterocycles. The summed E-state index contributed by atoms with van der Waals surface area (Å²) >= 11 is 0. The van der Waals surface area contributed by atoms with E-state index < -0.39 is 0 Å². The summed E-state index contributed by atoms with van der Waals surface area (Å²) in [7, 11) is 0. The molecule has 3 aromatic carbocycles. The molecule has 9 heteroatoms. The average Bonchev–Trinajstić information content (AvgIpc) is 3.22. The van der Waals surface area contributed by atoms with E-state index in [-0.39, 0.29) is 29.7 Å². The Balaban J connectivity index is 1.22. The smallest absolute Gasteiger partial charge is 0.257 e. The van der Waals surface area contributed by atoms with Crippen LogP contribution < -0.4 is 20.5 Å². The number of benzene rings is 3. The Hall–Kier alpha value is -4.84. The molecule has 36 heavy (non-hydrogen) atoms. The molecule has 0 unspecified atom stereocenters. The SMILES string of the molecule is N#Cc1c(CCCNC(=O)COc2ccc(Oc3ccccc3)cc2)nn(-c2ccc(F)cc2)c1N. The van der Waals surface area contributed by atoms with Crippen LogP contribution in [-0.2, 0) is 11.2 Å². The Morgan fingerprint density at radius 2 is 1.67 bits per heavy atom. The lowest BCUT2D eigenvalue weighted by molar-refractivity contribution is -0.123. The van der Waals surface area contributed by atoms with Gasteiger partial charge in [-0.15, -0.1) is 0 Å². The molecule has 4 aromatic rings. The van der Waals surface area contributed by atoms with Gasteiger partial charge in [-0.3, -0.25) is 4.79 Å². The second kappa shape index (κ2) is 11.5. The first-order valence-electron chi connectivity index (χ1n) is 11.3. The number of rotatable bonds is 10. The van der Waals surface area contributed by atoms with Crippen molar-refractivity contribution < 1.29 is 18.7 Å². The van der Waals surface area contributed by atoms with Gasteiger partial charge in [-0.25, -0.2) is 9.07 Å². The number of para-hydroxylation sites is 1. The molecular weight excluding hydrogens is 461 g/mol. The molecule has 0 aliphatic carbocycles. The van der Waals surface area contributed by atoms with Crippen molar-refractivity contribution in [3.8, 4) is 29.0 Å². The summed E-state index contributed by atoms with van der Waals surface area (Å²) < 4.78 is 25.9.